The summed E-state index contributed by atoms with van der Waals surface area (Å²) in [5.74, 6) is 0.814. The van der Waals surface area contributed by atoms with Crippen LogP contribution in [-0.2, 0) is 22.0 Å². The third kappa shape index (κ3) is 5.42. The summed E-state index contributed by atoms with van der Waals surface area (Å²) in [6, 6.07) is 18.8. The lowest BCUT2D eigenvalue weighted by Crippen LogP contribution is -2.16. The van der Waals surface area contributed by atoms with E-state index in [0.29, 0.717) is 18.0 Å². The number of hydrogen-bond acceptors (Lipinski definition) is 6. The Morgan fingerprint density at radius 3 is 2.36 bits per heavy atom. The number of rotatable bonds is 8. The molecule has 0 aliphatic rings. The summed E-state index contributed by atoms with van der Waals surface area (Å²) in [6.45, 7) is 0.0807. The van der Waals surface area contributed by atoms with E-state index in [1.54, 1.807) is 12.1 Å². The smallest absolute Gasteiger partial charge is 0.241 e. The predicted octanol–water partition coefficient (Wildman–Crippen LogP) is 2.65. The first-order chi connectivity index (χ1) is 12.1. The average molecular weight is 358 g/mol. The van der Waals surface area contributed by atoms with Crippen LogP contribution >= 0.6 is 0 Å². The van der Waals surface area contributed by atoms with Crippen molar-refractivity contribution < 1.29 is 17.7 Å². The summed E-state index contributed by atoms with van der Waals surface area (Å²) in [5.41, 5.74) is 1.04. The molecule has 0 N–H and O–H groups in total. The van der Waals surface area contributed by atoms with Gasteiger partial charge in [-0.25, -0.2) is 8.42 Å². The lowest BCUT2D eigenvalue weighted by Gasteiger charge is -2.05. The van der Waals surface area contributed by atoms with E-state index < -0.39 is 9.84 Å². The number of aromatic nitrogens is 2. The van der Waals surface area contributed by atoms with Gasteiger partial charge in [0.25, 0.3) is 0 Å². The molecule has 0 saturated carbocycles. The van der Waals surface area contributed by atoms with E-state index in [1.807, 2.05) is 48.5 Å². The standard InChI is InChI=1S/C18H18N2O4S/c21-25(22,12-11-23-16-9-5-2-6-10-16)14-18-19-17(20-24-18)13-15-7-3-1-4-8-15/h1-10H,11-14H2. The molecule has 0 bridgehead atoms. The largest absolute Gasteiger partial charge is 0.493 e. The number of nitrogens with zero attached hydrogens (tertiary/aromatic N) is 2. The molecule has 3 rings (SSSR count). The fraction of sp³-hybridized carbons (Fsp3) is 0.222. The summed E-state index contributed by atoms with van der Waals surface area (Å²) >= 11 is 0. The minimum Gasteiger partial charge on any atom is -0.493 e. The Balaban J connectivity index is 1.52. The summed E-state index contributed by atoms with van der Waals surface area (Å²) in [6.07, 6.45) is 0.501. The fourth-order valence-corrected chi connectivity index (χ4v) is 3.24. The summed E-state index contributed by atoms with van der Waals surface area (Å²) in [4.78, 5) is 4.16. The molecular weight excluding hydrogens is 340 g/mol. The van der Waals surface area contributed by atoms with Crippen molar-refractivity contribution in [1.29, 1.82) is 0 Å². The van der Waals surface area contributed by atoms with Crippen molar-refractivity contribution in [2.75, 3.05) is 12.4 Å². The Kier molecular flexibility index (Phi) is 5.45. The van der Waals surface area contributed by atoms with Crippen molar-refractivity contribution in [3.63, 3.8) is 0 Å². The van der Waals surface area contributed by atoms with Gasteiger partial charge in [0.1, 0.15) is 18.1 Å². The molecule has 0 unspecified atom stereocenters. The average Bonchev–Trinajstić information content (AvgIpc) is 3.02. The Hall–Kier alpha value is -2.67. The molecule has 6 nitrogen and oxygen atoms in total. The van der Waals surface area contributed by atoms with Gasteiger partial charge >= 0.3 is 0 Å². The van der Waals surface area contributed by atoms with Crippen LogP contribution in [0.15, 0.2) is 65.2 Å². The highest BCUT2D eigenvalue weighted by Crippen LogP contribution is 2.11. The molecule has 0 radical (unpaired) electrons. The highest BCUT2D eigenvalue weighted by atomic mass is 32.2. The second-order valence-corrected chi connectivity index (χ2v) is 7.70. The highest BCUT2D eigenvalue weighted by Gasteiger charge is 2.18. The first-order valence-electron chi connectivity index (χ1n) is 7.84. The molecule has 3 aromatic rings. The van der Waals surface area contributed by atoms with Gasteiger partial charge in [0.2, 0.25) is 5.89 Å². The summed E-state index contributed by atoms with van der Waals surface area (Å²) in [5, 5.41) is 3.84. The van der Waals surface area contributed by atoms with Crippen LogP contribution in [0.5, 0.6) is 5.75 Å². The van der Waals surface area contributed by atoms with Gasteiger partial charge in [-0.1, -0.05) is 53.7 Å². The Labute approximate surface area is 146 Å². The maximum atomic E-state index is 12.1. The van der Waals surface area contributed by atoms with Gasteiger partial charge in [0, 0.05) is 6.42 Å². The van der Waals surface area contributed by atoms with E-state index in [2.05, 4.69) is 10.1 Å². The van der Waals surface area contributed by atoms with Crippen molar-refractivity contribution in [1.82, 2.24) is 10.1 Å². The van der Waals surface area contributed by atoms with Gasteiger partial charge in [0.05, 0.1) is 5.75 Å². The Morgan fingerprint density at radius 2 is 1.64 bits per heavy atom. The topological polar surface area (TPSA) is 82.3 Å². The maximum Gasteiger partial charge on any atom is 0.241 e. The zero-order valence-electron chi connectivity index (χ0n) is 13.5. The van der Waals surface area contributed by atoms with Gasteiger partial charge in [-0.05, 0) is 17.7 Å². The van der Waals surface area contributed by atoms with Crippen LogP contribution in [0.2, 0.25) is 0 Å². The van der Waals surface area contributed by atoms with Crippen LogP contribution in [0.1, 0.15) is 17.3 Å². The molecule has 7 heteroatoms. The molecule has 0 aliphatic carbocycles. The van der Waals surface area contributed by atoms with Gasteiger partial charge in [-0.3, -0.25) is 0 Å². The first-order valence-corrected chi connectivity index (χ1v) is 9.66. The third-order valence-corrected chi connectivity index (χ3v) is 4.94. The van der Waals surface area contributed by atoms with Crippen molar-refractivity contribution >= 4 is 9.84 Å². The number of hydrogen-bond donors (Lipinski definition) is 0. The predicted molar refractivity (Wildman–Crippen MR) is 93.0 cm³/mol. The van der Waals surface area contributed by atoms with E-state index in [4.69, 9.17) is 9.26 Å². The molecule has 0 saturated heterocycles. The zero-order valence-corrected chi connectivity index (χ0v) is 14.4. The number of ether oxygens (including phenoxy) is 1. The number of para-hydroxylation sites is 1. The third-order valence-electron chi connectivity index (χ3n) is 3.46. The molecule has 25 heavy (non-hydrogen) atoms. The minimum atomic E-state index is -3.39. The molecule has 0 amide bonds. The van der Waals surface area contributed by atoms with Crippen LogP contribution < -0.4 is 4.74 Å². The lowest BCUT2D eigenvalue weighted by atomic mass is 10.1. The monoisotopic (exact) mass is 358 g/mol. The molecule has 0 spiro atoms. The zero-order chi connectivity index (χ0) is 17.5. The molecule has 1 aromatic heterocycles. The first kappa shape index (κ1) is 17.2. The van der Waals surface area contributed by atoms with Gasteiger partial charge in [-0.2, -0.15) is 4.98 Å². The van der Waals surface area contributed by atoms with Crippen LogP contribution in [0.3, 0.4) is 0 Å². The maximum absolute atomic E-state index is 12.1. The molecule has 130 valence electrons. The summed E-state index contributed by atoms with van der Waals surface area (Å²) < 4.78 is 34.8. The Bertz CT molecular complexity index is 893. The molecule has 1 heterocycles. The van der Waals surface area contributed by atoms with Crippen molar-refractivity contribution in [3.8, 4) is 5.75 Å². The van der Waals surface area contributed by atoms with Gasteiger partial charge in [-0.15, -0.1) is 0 Å². The van der Waals surface area contributed by atoms with E-state index in [9.17, 15) is 8.42 Å². The fourth-order valence-electron chi connectivity index (χ4n) is 2.26. The minimum absolute atomic E-state index is 0.0807. The summed E-state index contributed by atoms with van der Waals surface area (Å²) in [7, 11) is -3.39. The van der Waals surface area contributed by atoms with E-state index in [1.165, 1.54) is 0 Å². The van der Waals surface area contributed by atoms with Crippen LogP contribution in [0.25, 0.3) is 0 Å². The molecule has 0 fully saturated rings. The van der Waals surface area contributed by atoms with Gasteiger partial charge in [0.15, 0.2) is 15.7 Å². The number of benzene rings is 2. The van der Waals surface area contributed by atoms with Crippen molar-refractivity contribution in [2.45, 2.75) is 12.2 Å². The molecule has 0 atom stereocenters. The SMILES string of the molecule is O=S(=O)(CCOc1ccccc1)Cc1nc(Cc2ccccc2)no1. The van der Waals surface area contributed by atoms with Crippen molar-refractivity contribution in [3.05, 3.63) is 77.9 Å². The molecule has 0 aliphatic heterocycles. The molecular formula is C18H18N2O4S. The molecule has 2 aromatic carbocycles. The van der Waals surface area contributed by atoms with E-state index in [0.717, 1.165) is 5.56 Å². The second kappa shape index (κ2) is 7.94. The van der Waals surface area contributed by atoms with Crippen LogP contribution in [0, 0.1) is 0 Å². The highest BCUT2D eigenvalue weighted by molar-refractivity contribution is 7.90. The van der Waals surface area contributed by atoms with Crippen LogP contribution in [0.4, 0.5) is 0 Å². The lowest BCUT2D eigenvalue weighted by molar-refractivity contribution is 0.340. The van der Waals surface area contributed by atoms with E-state index >= 15 is 0 Å². The van der Waals surface area contributed by atoms with Gasteiger partial charge < -0.3 is 9.26 Å². The Morgan fingerprint density at radius 1 is 0.960 bits per heavy atom. The van der Waals surface area contributed by atoms with Crippen molar-refractivity contribution in [2.24, 2.45) is 0 Å². The van der Waals surface area contributed by atoms with Crippen LogP contribution in [-0.4, -0.2) is 30.9 Å². The number of sulfone groups is 1. The second-order valence-electron chi connectivity index (χ2n) is 5.52. The van der Waals surface area contributed by atoms with E-state index in [-0.39, 0.29) is 24.0 Å². The normalized spacial score (nSPS) is 11.4. The quantitative estimate of drug-likeness (QED) is 0.616.